The molecule has 1 aliphatic heterocycles. The van der Waals surface area contributed by atoms with Crippen molar-refractivity contribution in [1.82, 2.24) is 4.90 Å². The van der Waals surface area contributed by atoms with E-state index in [0.717, 1.165) is 25.9 Å². The summed E-state index contributed by atoms with van der Waals surface area (Å²) < 4.78 is 28.9. The standard InChI is InChI=1S/C22H26N2O3S/c1-17-12-20(16-27-21-6-8-22(9-7-21)28(2,25)26)15-24(17)11-10-18-4-3-5-19(13-18)14-23/h3-9,13,17,20H,10-12,15-16H2,1-2H3/t17-,20-/m0/s1. The molecule has 1 fully saturated rings. The maximum Gasteiger partial charge on any atom is 0.175 e. The van der Waals surface area contributed by atoms with Crippen molar-refractivity contribution < 1.29 is 13.2 Å². The first kappa shape index (κ1) is 20.4. The van der Waals surface area contributed by atoms with E-state index in [0.29, 0.717) is 34.8 Å². The van der Waals surface area contributed by atoms with Crippen molar-refractivity contribution in [3.05, 3.63) is 59.7 Å². The van der Waals surface area contributed by atoms with Crippen molar-refractivity contribution in [2.24, 2.45) is 5.92 Å². The zero-order valence-electron chi connectivity index (χ0n) is 16.3. The van der Waals surface area contributed by atoms with Crippen LogP contribution >= 0.6 is 0 Å². The average molecular weight is 399 g/mol. The van der Waals surface area contributed by atoms with E-state index in [1.807, 2.05) is 18.2 Å². The number of hydrogen-bond acceptors (Lipinski definition) is 5. The predicted octanol–water partition coefficient (Wildman–Crippen LogP) is 3.29. The highest BCUT2D eigenvalue weighted by Gasteiger charge is 2.29. The largest absolute Gasteiger partial charge is 0.493 e. The van der Waals surface area contributed by atoms with Crippen molar-refractivity contribution in [3.8, 4) is 11.8 Å². The molecule has 0 amide bonds. The molecule has 0 aromatic heterocycles. The second kappa shape index (κ2) is 8.76. The Morgan fingerprint density at radius 3 is 2.64 bits per heavy atom. The molecule has 0 radical (unpaired) electrons. The second-order valence-electron chi connectivity index (χ2n) is 7.56. The number of hydrogen-bond donors (Lipinski definition) is 0. The number of nitrogens with zero attached hydrogens (tertiary/aromatic N) is 2. The van der Waals surface area contributed by atoms with Gasteiger partial charge in [-0.3, -0.25) is 4.90 Å². The van der Waals surface area contributed by atoms with Crippen LogP contribution in [0.1, 0.15) is 24.5 Å². The van der Waals surface area contributed by atoms with Gasteiger partial charge in [0.1, 0.15) is 5.75 Å². The van der Waals surface area contributed by atoms with Gasteiger partial charge in [0, 0.05) is 31.3 Å². The van der Waals surface area contributed by atoms with Crippen molar-refractivity contribution in [2.75, 3.05) is 26.0 Å². The number of rotatable bonds is 7. The third-order valence-electron chi connectivity index (χ3n) is 5.27. The summed E-state index contributed by atoms with van der Waals surface area (Å²) in [6, 6.07) is 17.1. The average Bonchev–Trinajstić information content (AvgIpc) is 3.04. The van der Waals surface area contributed by atoms with Crippen LogP contribution in [-0.2, 0) is 16.3 Å². The third kappa shape index (κ3) is 5.34. The van der Waals surface area contributed by atoms with Crippen LogP contribution in [-0.4, -0.2) is 45.3 Å². The Hall–Kier alpha value is -2.36. The fourth-order valence-electron chi connectivity index (χ4n) is 3.72. The molecule has 5 nitrogen and oxygen atoms in total. The summed E-state index contributed by atoms with van der Waals surface area (Å²) >= 11 is 0. The van der Waals surface area contributed by atoms with Crippen molar-refractivity contribution in [2.45, 2.75) is 30.7 Å². The lowest BCUT2D eigenvalue weighted by Gasteiger charge is -2.21. The smallest absolute Gasteiger partial charge is 0.175 e. The van der Waals surface area contributed by atoms with Crippen LogP contribution < -0.4 is 4.74 Å². The molecule has 3 rings (SSSR count). The molecular weight excluding hydrogens is 372 g/mol. The molecule has 2 aromatic rings. The minimum atomic E-state index is -3.18. The Kier molecular flexibility index (Phi) is 6.38. The summed E-state index contributed by atoms with van der Waals surface area (Å²) in [5.74, 6) is 1.15. The lowest BCUT2D eigenvalue weighted by molar-refractivity contribution is 0.234. The molecule has 0 unspecified atom stereocenters. The lowest BCUT2D eigenvalue weighted by Crippen LogP contribution is -2.29. The van der Waals surface area contributed by atoms with E-state index >= 15 is 0 Å². The minimum Gasteiger partial charge on any atom is -0.493 e. The zero-order chi connectivity index (χ0) is 20.1. The maximum absolute atomic E-state index is 11.5. The van der Waals surface area contributed by atoms with E-state index in [4.69, 9.17) is 10.00 Å². The minimum absolute atomic E-state index is 0.306. The van der Waals surface area contributed by atoms with Crippen molar-refractivity contribution in [1.29, 1.82) is 5.26 Å². The lowest BCUT2D eigenvalue weighted by atomic mass is 10.1. The van der Waals surface area contributed by atoms with Gasteiger partial charge >= 0.3 is 0 Å². The summed E-state index contributed by atoms with van der Waals surface area (Å²) in [6.45, 7) is 4.83. The van der Waals surface area contributed by atoms with Gasteiger partial charge in [-0.1, -0.05) is 12.1 Å². The highest BCUT2D eigenvalue weighted by molar-refractivity contribution is 7.90. The Morgan fingerprint density at radius 1 is 1.21 bits per heavy atom. The predicted molar refractivity (Wildman–Crippen MR) is 109 cm³/mol. The Balaban J connectivity index is 1.49. The molecule has 1 saturated heterocycles. The number of likely N-dealkylation sites (tertiary alicyclic amines) is 1. The van der Waals surface area contributed by atoms with Crippen LogP contribution in [0.15, 0.2) is 53.4 Å². The third-order valence-corrected chi connectivity index (χ3v) is 6.40. The van der Waals surface area contributed by atoms with Gasteiger partial charge in [-0.2, -0.15) is 5.26 Å². The number of sulfone groups is 1. The van der Waals surface area contributed by atoms with Crippen LogP contribution in [0, 0.1) is 17.2 Å². The fourth-order valence-corrected chi connectivity index (χ4v) is 4.35. The summed E-state index contributed by atoms with van der Waals surface area (Å²) in [7, 11) is -3.18. The first-order valence-corrected chi connectivity index (χ1v) is 11.4. The van der Waals surface area contributed by atoms with Gasteiger partial charge in [-0.25, -0.2) is 8.42 Å². The summed E-state index contributed by atoms with van der Waals surface area (Å²) in [6.07, 6.45) is 3.22. The van der Waals surface area contributed by atoms with E-state index in [1.54, 1.807) is 24.3 Å². The second-order valence-corrected chi connectivity index (χ2v) is 9.58. The van der Waals surface area contributed by atoms with Gasteiger partial charge in [-0.05, 0) is 61.7 Å². The summed E-state index contributed by atoms with van der Waals surface area (Å²) in [4.78, 5) is 2.78. The molecule has 28 heavy (non-hydrogen) atoms. The molecule has 0 N–H and O–H groups in total. The van der Waals surface area contributed by atoms with Gasteiger partial charge in [0.15, 0.2) is 9.84 Å². The van der Waals surface area contributed by atoms with Gasteiger partial charge in [-0.15, -0.1) is 0 Å². The molecule has 6 heteroatoms. The molecule has 0 spiro atoms. The van der Waals surface area contributed by atoms with Crippen molar-refractivity contribution >= 4 is 9.84 Å². The Bertz CT molecular complexity index is 948. The molecule has 148 valence electrons. The quantitative estimate of drug-likeness (QED) is 0.716. The number of nitriles is 1. The first-order valence-electron chi connectivity index (χ1n) is 9.51. The SMILES string of the molecule is C[C@H]1C[C@H](COc2ccc(S(C)(=O)=O)cc2)CN1CCc1cccc(C#N)c1. The molecule has 2 aromatic carbocycles. The van der Waals surface area contributed by atoms with Gasteiger partial charge in [0.2, 0.25) is 0 Å². The number of benzene rings is 2. The van der Waals surface area contributed by atoms with Gasteiger partial charge in [0.25, 0.3) is 0 Å². The topological polar surface area (TPSA) is 70.4 Å². The van der Waals surface area contributed by atoms with E-state index in [1.165, 1.54) is 11.8 Å². The Labute approximate surface area is 167 Å². The van der Waals surface area contributed by atoms with E-state index in [2.05, 4.69) is 24.0 Å². The molecule has 0 bridgehead atoms. The molecule has 2 atom stereocenters. The van der Waals surface area contributed by atoms with Crippen LogP contribution in [0.25, 0.3) is 0 Å². The van der Waals surface area contributed by atoms with E-state index in [-0.39, 0.29) is 0 Å². The normalized spacial score (nSPS) is 20.0. The monoisotopic (exact) mass is 398 g/mol. The van der Waals surface area contributed by atoms with Crippen LogP contribution in [0.5, 0.6) is 5.75 Å². The molecule has 0 aliphatic carbocycles. The van der Waals surface area contributed by atoms with Crippen LogP contribution in [0.3, 0.4) is 0 Å². The number of ether oxygens (including phenoxy) is 1. The van der Waals surface area contributed by atoms with Crippen LogP contribution in [0.2, 0.25) is 0 Å². The fraction of sp³-hybridized carbons (Fsp3) is 0.409. The van der Waals surface area contributed by atoms with E-state index < -0.39 is 9.84 Å². The Morgan fingerprint density at radius 2 is 1.96 bits per heavy atom. The van der Waals surface area contributed by atoms with Gasteiger partial charge < -0.3 is 4.74 Å². The van der Waals surface area contributed by atoms with Gasteiger partial charge in [0.05, 0.1) is 23.1 Å². The molecule has 0 saturated carbocycles. The first-order chi connectivity index (χ1) is 13.3. The highest BCUT2D eigenvalue weighted by atomic mass is 32.2. The maximum atomic E-state index is 11.5. The summed E-state index contributed by atoms with van der Waals surface area (Å²) in [5, 5.41) is 9.02. The highest BCUT2D eigenvalue weighted by Crippen LogP contribution is 2.25. The molecule has 1 heterocycles. The van der Waals surface area contributed by atoms with E-state index in [9.17, 15) is 8.42 Å². The summed E-state index contributed by atoms with van der Waals surface area (Å²) in [5.41, 5.74) is 1.90. The molecule has 1 aliphatic rings. The van der Waals surface area contributed by atoms with Crippen LogP contribution in [0.4, 0.5) is 0 Å². The molecular formula is C22H26N2O3S. The zero-order valence-corrected chi connectivity index (χ0v) is 17.2. The van der Waals surface area contributed by atoms with Crippen molar-refractivity contribution in [3.63, 3.8) is 0 Å².